The first-order valence-electron chi connectivity index (χ1n) is 8.79. The van der Waals surface area contributed by atoms with E-state index >= 15 is 0 Å². The van der Waals surface area contributed by atoms with Crippen LogP contribution in [0.4, 0.5) is 11.4 Å². The molecule has 0 unspecified atom stereocenters. The van der Waals surface area contributed by atoms with E-state index in [1.54, 1.807) is 18.3 Å². The van der Waals surface area contributed by atoms with Gasteiger partial charge in [-0.15, -0.1) is 0 Å². The second kappa shape index (κ2) is 6.63. The van der Waals surface area contributed by atoms with E-state index in [9.17, 15) is 14.9 Å². The van der Waals surface area contributed by atoms with Crippen LogP contribution in [0.3, 0.4) is 0 Å². The highest BCUT2D eigenvalue weighted by Crippen LogP contribution is 2.36. The van der Waals surface area contributed by atoms with Gasteiger partial charge in [0.1, 0.15) is 5.69 Å². The van der Waals surface area contributed by atoms with E-state index in [2.05, 4.69) is 9.88 Å². The van der Waals surface area contributed by atoms with Crippen molar-refractivity contribution in [1.29, 1.82) is 0 Å². The Morgan fingerprint density at radius 3 is 2.46 bits per heavy atom. The van der Waals surface area contributed by atoms with E-state index in [0.29, 0.717) is 11.1 Å². The van der Waals surface area contributed by atoms with Gasteiger partial charge in [0.15, 0.2) is 0 Å². The Morgan fingerprint density at radius 1 is 1.00 bits per heavy atom. The molecular weight excluding hydrogens is 330 g/mol. The van der Waals surface area contributed by atoms with E-state index in [1.165, 1.54) is 6.42 Å². The predicted octanol–water partition coefficient (Wildman–Crippen LogP) is 4.09. The fourth-order valence-electron chi connectivity index (χ4n) is 3.69. The number of aromatic nitrogens is 1. The standard InChI is InChI=1S/C20H19N3O3/c24-20-16-7-3-2-6-15(16)17(13-21-20)14-8-9-18(19(12-14)23(25)26)22-10-4-1-5-11-22/h2-3,6-9,12-13H,1,4-5,10-11H2,(H,21,24). The highest BCUT2D eigenvalue weighted by Gasteiger charge is 2.22. The average molecular weight is 349 g/mol. The molecule has 1 aliphatic heterocycles. The van der Waals surface area contributed by atoms with Gasteiger partial charge >= 0.3 is 0 Å². The number of anilines is 1. The number of nitrogens with zero attached hydrogens (tertiary/aromatic N) is 2. The molecule has 2 aromatic carbocycles. The van der Waals surface area contributed by atoms with Crippen LogP contribution in [-0.2, 0) is 0 Å². The summed E-state index contributed by atoms with van der Waals surface area (Å²) in [5.41, 5.74) is 2.13. The van der Waals surface area contributed by atoms with Crippen molar-refractivity contribution in [1.82, 2.24) is 4.98 Å². The summed E-state index contributed by atoms with van der Waals surface area (Å²) >= 11 is 0. The lowest BCUT2D eigenvalue weighted by atomic mass is 9.99. The quantitative estimate of drug-likeness (QED) is 0.570. The van der Waals surface area contributed by atoms with Crippen molar-refractivity contribution in [3.63, 3.8) is 0 Å². The maximum atomic E-state index is 12.0. The van der Waals surface area contributed by atoms with E-state index < -0.39 is 0 Å². The van der Waals surface area contributed by atoms with Crippen molar-refractivity contribution in [2.45, 2.75) is 19.3 Å². The summed E-state index contributed by atoms with van der Waals surface area (Å²) in [6.45, 7) is 1.70. The van der Waals surface area contributed by atoms with Crippen LogP contribution in [-0.4, -0.2) is 23.0 Å². The van der Waals surface area contributed by atoms with Crippen molar-refractivity contribution in [2.24, 2.45) is 0 Å². The number of nitro benzene ring substituents is 1. The number of rotatable bonds is 3. The smallest absolute Gasteiger partial charge is 0.293 e. The summed E-state index contributed by atoms with van der Waals surface area (Å²) in [5.74, 6) is 0. The third kappa shape index (κ3) is 2.83. The Kier molecular flexibility index (Phi) is 4.16. The zero-order valence-corrected chi connectivity index (χ0v) is 14.3. The molecule has 0 bridgehead atoms. The van der Waals surface area contributed by atoms with Gasteiger partial charge < -0.3 is 9.88 Å². The molecule has 132 valence electrons. The Balaban J connectivity index is 1.86. The van der Waals surface area contributed by atoms with E-state index in [0.717, 1.165) is 42.4 Å². The van der Waals surface area contributed by atoms with Gasteiger partial charge in [-0.2, -0.15) is 0 Å². The summed E-state index contributed by atoms with van der Waals surface area (Å²) in [5, 5.41) is 13.1. The third-order valence-electron chi connectivity index (χ3n) is 4.99. The summed E-state index contributed by atoms with van der Waals surface area (Å²) < 4.78 is 0. The number of nitrogens with one attached hydrogen (secondary N) is 1. The van der Waals surface area contributed by atoms with Crippen LogP contribution in [0.1, 0.15) is 19.3 Å². The number of fused-ring (bicyclic) bond motifs is 1. The molecule has 0 atom stereocenters. The number of benzene rings is 2. The number of hydrogen-bond donors (Lipinski definition) is 1. The molecule has 6 heteroatoms. The average Bonchev–Trinajstić information content (AvgIpc) is 2.69. The monoisotopic (exact) mass is 349 g/mol. The number of hydrogen-bond acceptors (Lipinski definition) is 4. The van der Waals surface area contributed by atoms with Gasteiger partial charge in [-0.1, -0.05) is 24.3 Å². The minimum atomic E-state index is -0.318. The Bertz CT molecular complexity index is 1040. The van der Waals surface area contributed by atoms with Gasteiger partial charge in [0.05, 0.1) is 4.92 Å². The molecule has 0 radical (unpaired) electrons. The molecule has 3 aromatic rings. The van der Waals surface area contributed by atoms with Crippen molar-refractivity contribution in [3.05, 3.63) is 69.1 Å². The molecule has 1 aromatic heterocycles. The second-order valence-corrected chi connectivity index (χ2v) is 6.59. The molecule has 0 aliphatic carbocycles. The first-order valence-corrected chi connectivity index (χ1v) is 8.79. The Morgan fingerprint density at radius 2 is 1.73 bits per heavy atom. The van der Waals surface area contributed by atoms with Crippen LogP contribution in [0, 0.1) is 10.1 Å². The first kappa shape index (κ1) is 16.3. The van der Waals surface area contributed by atoms with Crippen molar-refractivity contribution >= 4 is 22.1 Å². The molecule has 0 saturated carbocycles. The van der Waals surface area contributed by atoms with Gasteiger partial charge in [0, 0.05) is 36.3 Å². The normalized spacial score (nSPS) is 14.5. The molecule has 0 amide bonds. The lowest BCUT2D eigenvalue weighted by Gasteiger charge is -2.28. The Hall–Kier alpha value is -3.15. The van der Waals surface area contributed by atoms with E-state index in [-0.39, 0.29) is 16.2 Å². The minimum absolute atomic E-state index is 0.111. The molecule has 2 heterocycles. The number of aromatic amines is 1. The summed E-state index contributed by atoms with van der Waals surface area (Å²) in [6.07, 6.45) is 4.92. The van der Waals surface area contributed by atoms with Crippen LogP contribution in [0.15, 0.2) is 53.5 Å². The van der Waals surface area contributed by atoms with Gasteiger partial charge in [0.2, 0.25) is 0 Å². The summed E-state index contributed by atoms with van der Waals surface area (Å²) in [4.78, 5) is 28.2. The van der Waals surface area contributed by atoms with Crippen LogP contribution in [0.2, 0.25) is 0 Å². The summed E-state index contributed by atoms with van der Waals surface area (Å²) in [7, 11) is 0. The van der Waals surface area contributed by atoms with Crippen LogP contribution in [0.25, 0.3) is 21.9 Å². The predicted molar refractivity (Wildman–Crippen MR) is 103 cm³/mol. The molecule has 26 heavy (non-hydrogen) atoms. The van der Waals surface area contributed by atoms with Gasteiger partial charge in [-0.3, -0.25) is 14.9 Å². The maximum absolute atomic E-state index is 12.0. The molecule has 1 saturated heterocycles. The zero-order valence-electron chi connectivity index (χ0n) is 14.3. The third-order valence-corrected chi connectivity index (χ3v) is 4.99. The SMILES string of the molecule is O=c1[nH]cc(-c2ccc(N3CCCCC3)c([N+](=O)[O-])c2)c2ccccc12. The number of pyridine rings is 1. The first-order chi connectivity index (χ1) is 12.6. The minimum Gasteiger partial charge on any atom is -0.366 e. The molecule has 6 nitrogen and oxygen atoms in total. The van der Waals surface area contributed by atoms with Crippen LogP contribution >= 0.6 is 0 Å². The van der Waals surface area contributed by atoms with Crippen molar-refractivity contribution in [3.8, 4) is 11.1 Å². The molecule has 1 N–H and O–H groups in total. The van der Waals surface area contributed by atoms with Crippen molar-refractivity contribution < 1.29 is 4.92 Å². The van der Waals surface area contributed by atoms with E-state index in [4.69, 9.17) is 0 Å². The van der Waals surface area contributed by atoms with Crippen LogP contribution in [0.5, 0.6) is 0 Å². The largest absolute Gasteiger partial charge is 0.366 e. The van der Waals surface area contributed by atoms with Gasteiger partial charge in [0.25, 0.3) is 11.2 Å². The number of nitro groups is 1. The molecular formula is C20H19N3O3. The van der Waals surface area contributed by atoms with Gasteiger partial charge in [-0.25, -0.2) is 0 Å². The second-order valence-electron chi connectivity index (χ2n) is 6.59. The Labute approximate surface area is 150 Å². The topological polar surface area (TPSA) is 79.2 Å². The van der Waals surface area contributed by atoms with Crippen LogP contribution < -0.4 is 10.5 Å². The number of piperidine rings is 1. The van der Waals surface area contributed by atoms with Gasteiger partial charge in [-0.05, 0) is 42.3 Å². The highest BCUT2D eigenvalue weighted by atomic mass is 16.6. The lowest BCUT2D eigenvalue weighted by molar-refractivity contribution is -0.384. The molecule has 1 aliphatic rings. The zero-order chi connectivity index (χ0) is 18.1. The molecule has 1 fully saturated rings. The molecule has 0 spiro atoms. The van der Waals surface area contributed by atoms with E-state index in [1.807, 2.05) is 30.3 Å². The number of H-pyrrole nitrogens is 1. The fraction of sp³-hybridized carbons (Fsp3) is 0.250. The fourth-order valence-corrected chi connectivity index (χ4v) is 3.69. The highest BCUT2D eigenvalue weighted by molar-refractivity contribution is 5.96. The maximum Gasteiger partial charge on any atom is 0.293 e. The van der Waals surface area contributed by atoms with Crippen molar-refractivity contribution in [2.75, 3.05) is 18.0 Å². The summed E-state index contributed by atoms with van der Waals surface area (Å²) in [6, 6.07) is 12.6. The lowest BCUT2D eigenvalue weighted by Crippen LogP contribution is -2.29. The molecule has 4 rings (SSSR count).